The van der Waals surface area contributed by atoms with E-state index in [2.05, 4.69) is 6.92 Å². The highest BCUT2D eigenvalue weighted by atomic mass is 19.4. The lowest BCUT2D eigenvalue weighted by Gasteiger charge is -2.28. The summed E-state index contributed by atoms with van der Waals surface area (Å²) in [5.74, 6) is 0.311. The van der Waals surface area contributed by atoms with E-state index in [-0.39, 0.29) is 23.0 Å². The van der Waals surface area contributed by atoms with Gasteiger partial charge in [-0.15, -0.1) is 0 Å². The molecule has 1 fully saturated rings. The summed E-state index contributed by atoms with van der Waals surface area (Å²) >= 11 is 0. The van der Waals surface area contributed by atoms with Gasteiger partial charge in [0.05, 0.1) is 6.10 Å². The van der Waals surface area contributed by atoms with Gasteiger partial charge in [-0.25, -0.2) is 0 Å². The molecule has 1 aliphatic rings. The maximum Gasteiger partial charge on any atom is 0.420 e. The van der Waals surface area contributed by atoms with Gasteiger partial charge in [0.2, 0.25) is 0 Å². The molecule has 0 radical (unpaired) electrons. The Bertz CT molecular complexity index is 787. The largest absolute Gasteiger partial charge is 0.490 e. The molecule has 2 aromatic rings. The second-order valence-corrected chi connectivity index (χ2v) is 6.93. The Kier molecular flexibility index (Phi) is 4.76. The van der Waals surface area contributed by atoms with Crippen molar-refractivity contribution in [1.29, 1.82) is 0 Å². The molecular weight excluding hydrogens is 329 g/mol. The molecule has 134 valence electrons. The average Bonchev–Trinajstić information content (AvgIpc) is 2.55. The molecule has 25 heavy (non-hydrogen) atoms. The highest BCUT2D eigenvalue weighted by Crippen LogP contribution is 2.42. The fraction of sp³-hybridized carbons (Fsp3) is 0.450. The van der Waals surface area contributed by atoms with Crippen LogP contribution in [0.25, 0.3) is 10.8 Å². The minimum absolute atomic E-state index is 0.0687. The summed E-state index contributed by atoms with van der Waals surface area (Å²) in [7, 11) is 0. The van der Waals surface area contributed by atoms with E-state index >= 15 is 0 Å². The number of ether oxygens (including phenoxy) is 1. The fourth-order valence-corrected chi connectivity index (χ4v) is 3.45. The second-order valence-electron chi connectivity index (χ2n) is 6.93. The molecule has 0 aliphatic heterocycles. The maximum absolute atomic E-state index is 13.7. The molecule has 0 saturated heterocycles. The minimum Gasteiger partial charge on any atom is -0.490 e. The first kappa shape index (κ1) is 17.8. The summed E-state index contributed by atoms with van der Waals surface area (Å²) in [5, 5.41) is 0.462. The molecule has 5 heteroatoms. The van der Waals surface area contributed by atoms with Gasteiger partial charge in [0.25, 0.3) is 0 Å². The van der Waals surface area contributed by atoms with Crippen LogP contribution in [0.1, 0.15) is 55.5 Å². The Balaban J connectivity index is 2.03. The Morgan fingerprint density at radius 2 is 1.76 bits per heavy atom. The third kappa shape index (κ3) is 3.80. The first-order valence-electron chi connectivity index (χ1n) is 8.57. The highest BCUT2D eigenvalue weighted by molar-refractivity contribution is 5.99. The van der Waals surface area contributed by atoms with Gasteiger partial charge in [-0.3, -0.25) is 4.79 Å². The van der Waals surface area contributed by atoms with Crippen LogP contribution in [0.4, 0.5) is 13.2 Å². The summed E-state index contributed by atoms with van der Waals surface area (Å²) in [6, 6.07) is 7.28. The molecule has 1 saturated carbocycles. The Morgan fingerprint density at radius 3 is 2.36 bits per heavy atom. The summed E-state index contributed by atoms with van der Waals surface area (Å²) in [5.41, 5.74) is -0.353. The summed E-state index contributed by atoms with van der Waals surface area (Å²) in [6.07, 6.45) is -1.19. The van der Waals surface area contributed by atoms with Crippen molar-refractivity contribution in [1.82, 2.24) is 0 Å². The lowest BCUT2D eigenvalue weighted by molar-refractivity contribution is -0.138. The lowest BCUT2D eigenvalue weighted by Crippen LogP contribution is -2.24. The number of carbonyl (C=O) groups excluding carboxylic acids is 1. The summed E-state index contributed by atoms with van der Waals surface area (Å²) in [6.45, 7) is 3.55. The van der Waals surface area contributed by atoms with E-state index < -0.39 is 11.7 Å². The predicted octanol–water partition coefficient (Wildman–Crippen LogP) is 6.02. The van der Waals surface area contributed by atoms with Crippen LogP contribution in [0.5, 0.6) is 5.75 Å². The fourth-order valence-electron chi connectivity index (χ4n) is 3.45. The van der Waals surface area contributed by atoms with E-state index in [0.717, 1.165) is 25.7 Å². The van der Waals surface area contributed by atoms with Crippen LogP contribution < -0.4 is 4.74 Å². The van der Waals surface area contributed by atoms with E-state index in [1.54, 1.807) is 6.07 Å². The van der Waals surface area contributed by atoms with Crippen molar-refractivity contribution in [2.24, 2.45) is 5.92 Å². The average molecular weight is 350 g/mol. The number of rotatable bonds is 3. The van der Waals surface area contributed by atoms with Crippen LogP contribution in [-0.4, -0.2) is 11.9 Å². The number of hydrogen-bond acceptors (Lipinski definition) is 2. The van der Waals surface area contributed by atoms with Gasteiger partial charge in [-0.2, -0.15) is 13.2 Å². The Hall–Kier alpha value is -2.04. The Labute approximate surface area is 145 Å². The number of benzene rings is 2. The van der Waals surface area contributed by atoms with Crippen LogP contribution in [0, 0.1) is 5.92 Å². The van der Waals surface area contributed by atoms with E-state index in [1.165, 1.54) is 31.2 Å². The van der Waals surface area contributed by atoms with Gasteiger partial charge >= 0.3 is 6.18 Å². The molecule has 0 N–H and O–H groups in total. The monoisotopic (exact) mass is 350 g/mol. The van der Waals surface area contributed by atoms with E-state index in [4.69, 9.17) is 4.74 Å². The summed E-state index contributed by atoms with van der Waals surface area (Å²) in [4.78, 5) is 11.5. The topological polar surface area (TPSA) is 26.3 Å². The Morgan fingerprint density at radius 1 is 1.08 bits per heavy atom. The quantitative estimate of drug-likeness (QED) is 0.633. The molecule has 2 aromatic carbocycles. The zero-order valence-corrected chi connectivity index (χ0v) is 14.3. The lowest BCUT2D eigenvalue weighted by atomic mass is 9.89. The van der Waals surface area contributed by atoms with Gasteiger partial charge in [0.1, 0.15) is 11.3 Å². The van der Waals surface area contributed by atoms with Gasteiger partial charge in [-0.1, -0.05) is 25.1 Å². The van der Waals surface area contributed by atoms with E-state index in [0.29, 0.717) is 16.9 Å². The van der Waals surface area contributed by atoms with Crippen molar-refractivity contribution < 1.29 is 22.7 Å². The molecular formula is C20H21F3O2. The van der Waals surface area contributed by atoms with Crippen LogP contribution in [-0.2, 0) is 6.18 Å². The molecule has 0 spiro atoms. The summed E-state index contributed by atoms with van der Waals surface area (Å²) < 4.78 is 46.9. The van der Waals surface area contributed by atoms with E-state index in [9.17, 15) is 18.0 Å². The van der Waals surface area contributed by atoms with Crippen molar-refractivity contribution in [2.75, 3.05) is 0 Å². The van der Waals surface area contributed by atoms with Crippen molar-refractivity contribution in [3.63, 3.8) is 0 Å². The maximum atomic E-state index is 13.7. The van der Waals surface area contributed by atoms with E-state index in [1.807, 2.05) is 0 Å². The number of Topliss-reactive ketones (excluding diaryl/α,β-unsaturated/α-hetero) is 1. The van der Waals surface area contributed by atoms with Crippen LogP contribution in [0.15, 0.2) is 30.3 Å². The highest BCUT2D eigenvalue weighted by Gasteiger charge is 2.37. The smallest absolute Gasteiger partial charge is 0.420 e. The first-order valence-corrected chi connectivity index (χ1v) is 8.57. The number of fused-ring (bicyclic) bond motifs is 1. The minimum atomic E-state index is -4.52. The van der Waals surface area contributed by atoms with Gasteiger partial charge < -0.3 is 4.74 Å². The van der Waals surface area contributed by atoms with Crippen LogP contribution >= 0.6 is 0 Å². The molecule has 1 aliphatic carbocycles. The number of carbonyl (C=O) groups is 1. The van der Waals surface area contributed by atoms with Crippen molar-refractivity contribution >= 4 is 16.6 Å². The molecule has 2 nitrogen and oxygen atoms in total. The number of ketones is 1. The molecule has 0 amide bonds. The van der Waals surface area contributed by atoms with Gasteiger partial charge in [0, 0.05) is 5.56 Å². The number of hydrogen-bond donors (Lipinski definition) is 0. The van der Waals surface area contributed by atoms with Crippen molar-refractivity contribution in [3.05, 3.63) is 41.5 Å². The van der Waals surface area contributed by atoms with Gasteiger partial charge in [-0.05, 0) is 61.4 Å². The van der Waals surface area contributed by atoms with Crippen molar-refractivity contribution in [2.45, 2.75) is 51.8 Å². The SMILES string of the molecule is CC(=O)c1ccc2c(C(F)(F)F)c(O[C@H]3CC[C@@H](C)CC3)ccc2c1. The number of halogens is 3. The molecule has 0 aromatic heterocycles. The van der Waals surface area contributed by atoms with Crippen molar-refractivity contribution in [3.8, 4) is 5.75 Å². The molecule has 3 rings (SSSR count). The third-order valence-electron chi connectivity index (χ3n) is 4.93. The van der Waals surface area contributed by atoms with Gasteiger partial charge in [0.15, 0.2) is 5.78 Å². The third-order valence-corrected chi connectivity index (χ3v) is 4.93. The normalized spacial score (nSPS) is 21.3. The number of alkyl halides is 3. The predicted molar refractivity (Wildman–Crippen MR) is 91.0 cm³/mol. The second kappa shape index (κ2) is 6.70. The van der Waals surface area contributed by atoms with Crippen LogP contribution in [0.3, 0.4) is 0 Å². The zero-order valence-electron chi connectivity index (χ0n) is 14.3. The molecule has 0 atom stereocenters. The molecule has 0 heterocycles. The first-order chi connectivity index (χ1) is 11.8. The van der Waals surface area contributed by atoms with Crippen LogP contribution in [0.2, 0.25) is 0 Å². The standard InChI is InChI=1S/C20H21F3O2/c1-12-3-7-16(8-4-12)25-18-10-6-15-11-14(13(2)24)5-9-17(15)19(18)20(21,22)23/h5-6,9-12,16H,3-4,7-8H2,1-2H3/t12-,16+. The molecule has 0 unspecified atom stereocenters. The zero-order chi connectivity index (χ0) is 18.2. The molecule has 0 bridgehead atoms.